The highest BCUT2D eigenvalue weighted by atomic mass is 16.4. The molecule has 2 aromatic carbocycles. The average molecular weight is 487 g/mol. The number of nitrogens with one attached hydrogen (secondary N) is 3. The molecule has 0 heterocycles. The van der Waals surface area contributed by atoms with Gasteiger partial charge in [-0.3, -0.25) is 14.4 Å². The van der Waals surface area contributed by atoms with Crippen molar-refractivity contribution in [2.24, 2.45) is 5.73 Å². The van der Waals surface area contributed by atoms with Crippen LogP contribution in [-0.4, -0.2) is 69.8 Å². The molecule has 0 aliphatic rings. The van der Waals surface area contributed by atoms with E-state index >= 15 is 0 Å². The lowest BCUT2D eigenvalue weighted by molar-refractivity contribution is -0.142. The van der Waals surface area contributed by atoms with Crippen LogP contribution < -0.4 is 21.7 Å². The molecule has 2 aromatic rings. The van der Waals surface area contributed by atoms with E-state index in [-0.39, 0.29) is 18.6 Å². The summed E-state index contributed by atoms with van der Waals surface area (Å²) < 4.78 is 0. The normalized spacial score (nSPS) is 14.1. The van der Waals surface area contributed by atoms with Crippen LogP contribution in [0.15, 0.2) is 54.6 Å². The molecule has 0 aromatic heterocycles. The maximum Gasteiger partial charge on any atom is 0.326 e. The summed E-state index contributed by atoms with van der Waals surface area (Å²) in [5.41, 5.74) is 6.82. The van der Waals surface area contributed by atoms with Crippen molar-refractivity contribution in [2.75, 3.05) is 6.54 Å². The minimum atomic E-state index is -1.24. The van der Waals surface area contributed by atoms with Gasteiger partial charge in [0.1, 0.15) is 23.9 Å². The monoisotopic (exact) mass is 486 g/mol. The van der Waals surface area contributed by atoms with Crippen LogP contribution in [0.25, 0.3) is 0 Å². The molecule has 11 nitrogen and oxygen atoms in total. The topological polar surface area (TPSA) is 191 Å². The number of hydrogen-bond donors (Lipinski definition) is 7. The lowest BCUT2D eigenvalue weighted by atomic mass is 10.0. The van der Waals surface area contributed by atoms with E-state index in [1.54, 1.807) is 42.5 Å². The van der Waals surface area contributed by atoms with E-state index < -0.39 is 54.5 Å². The molecule has 3 amide bonds. The van der Waals surface area contributed by atoms with E-state index in [1.165, 1.54) is 19.1 Å². The van der Waals surface area contributed by atoms with Crippen LogP contribution in [-0.2, 0) is 32.0 Å². The first-order valence-electron chi connectivity index (χ1n) is 10.9. The number of hydrogen-bond acceptors (Lipinski definition) is 7. The molecule has 35 heavy (non-hydrogen) atoms. The highest BCUT2D eigenvalue weighted by Crippen LogP contribution is 2.12. The number of benzene rings is 2. The lowest BCUT2D eigenvalue weighted by Crippen LogP contribution is -2.55. The van der Waals surface area contributed by atoms with Crippen LogP contribution in [0.4, 0.5) is 0 Å². The molecule has 4 unspecified atom stereocenters. The fraction of sp³-hybridized carbons (Fsp3) is 0.333. The Hall–Kier alpha value is -3.96. The average Bonchev–Trinajstić information content (AvgIpc) is 2.83. The van der Waals surface area contributed by atoms with Gasteiger partial charge in [-0.2, -0.15) is 0 Å². The van der Waals surface area contributed by atoms with Crippen molar-refractivity contribution in [1.29, 1.82) is 0 Å². The molecule has 188 valence electrons. The van der Waals surface area contributed by atoms with Gasteiger partial charge in [0.25, 0.3) is 0 Å². The van der Waals surface area contributed by atoms with Crippen molar-refractivity contribution in [3.63, 3.8) is 0 Å². The second-order valence-corrected chi connectivity index (χ2v) is 8.06. The van der Waals surface area contributed by atoms with E-state index in [1.807, 2.05) is 0 Å². The zero-order valence-corrected chi connectivity index (χ0v) is 19.2. The van der Waals surface area contributed by atoms with Crippen LogP contribution in [0, 0.1) is 0 Å². The standard InChI is InChI=1S/C24H30N4O7/c1-14(29)21(25)23(33)26-13-20(31)27-18(11-16-7-9-17(30)10-8-16)22(32)28-19(24(34)35)12-15-5-3-2-4-6-15/h2-10,14,18-19,21,29-30H,11-13,25H2,1H3,(H,26,33)(H,27,31)(H,28,32)(H,34,35). The molecule has 0 aliphatic carbocycles. The Morgan fingerprint density at radius 2 is 1.43 bits per heavy atom. The van der Waals surface area contributed by atoms with Crippen molar-refractivity contribution in [2.45, 2.75) is 44.0 Å². The molecule has 0 bridgehead atoms. The summed E-state index contributed by atoms with van der Waals surface area (Å²) in [6, 6.07) is 11.1. The van der Waals surface area contributed by atoms with Gasteiger partial charge in [-0.15, -0.1) is 0 Å². The summed E-state index contributed by atoms with van der Waals surface area (Å²) in [5.74, 6) is -3.42. The summed E-state index contributed by atoms with van der Waals surface area (Å²) >= 11 is 0. The maximum atomic E-state index is 13.0. The quantitative estimate of drug-likeness (QED) is 0.200. The molecule has 0 spiro atoms. The summed E-state index contributed by atoms with van der Waals surface area (Å²) in [5, 5.41) is 35.7. The zero-order valence-electron chi connectivity index (χ0n) is 19.2. The number of aliphatic carboxylic acids is 1. The molecule has 4 atom stereocenters. The largest absolute Gasteiger partial charge is 0.508 e. The van der Waals surface area contributed by atoms with Gasteiger partial charge < -0.3 is 37.0 Å². The van der Waals surface area contributed by atoms with Gasteiger partial charge in [0.15, 0.2) is 0 Å². The summed E-state index contributed by atoms with van der Waals surface area (Å²) in [6.07, 6.45) is -1.09. The number of rotatable bonds is 12. The third-order valence-corrected chi connectivity index (χ3v) is 5.17. The highest BCUT2D eigenvalue weighted by molar-refractivity contribution is 5.92. The Morgan fingerprint density at radius 3 is 2.00 bits per heavy atom. The first kappa shape index (κ1) is 27.3. The Morgan fingerprint density at radius 1 is 0.857 bits per heavy atom. The van der Waals surface area contributed by atoms with E-state index in [4.69, 9.17) is 5.73 Å². The molecule has 11 heteroatoms. The first-order chi connectivity index (χ1) is 16.6. The second kappa shape index (κ2) is 13.1. The number of aromatic hydroxyl groups is 1. The number of carboxylic acid groups (broad SMARTS) is 1. The van der Waals surface area contributed by atoms with Crippen LogP contribution in [0.2, 0.25) is 0 Å². The second-order valence-electron chi connectivity index (χ2n) is 8.06. The molecule has 0 radical (unpaired) electrons. The Kier molecular flexibility index (Phi) is 10.2. The lowest BCUT2D eigenvalue weighted by Gasteiger charge is -2.22. The summed E-state index contributed by atoms with van der Waals surface area (Å²) in [6.45, 7) is 0.821. The molecule has 8 N–H and O–H groups in total. The molecular formula is C24H30N4O7. The van der Waals surface area contributed by atoms with E-state index in [0.717, 1.165) is 0 Å². The third-order valence-electron chi connectivity index (χ3n) is 5.17. The van der Waals surface area contributed by atoms with Crippen molar-refractivity contribution in [1.82, 2.24) is 16.0 Å². The number of aliphatic hydroxyl groups excluding tert-OH is 1. The Balaban J connectivity index is 2.11. The molecule has 0 saturated carbocycles. The number of carboxylic acids is 1. The number of aliphatic hydroxyl groups is 1. The van der Waals surface area contributed by atoms with Gasteiger partial charge in [0.05, 0.1) is 12.6 Å². The summed E-state index contributed by atoms with van der Waals surface area (Å²) in [4.78, 5) is 49.1. The summed E-state index contributed by atoms with van der Waals surface area (Å²) in [7, 11) is 0. The van der Waals surface area contributed by atoms with Gasteiger partial charge >= 0.3 is 5.97 Å². The van der Waals surface area contributed by atoms with Gasteiger partial charge in [0.2, 0.25) is 17.7 Å². The predicted octanol–water partition coefficient (Wildman–Crippen LogP) is -0.944. The van der Waals surface area contributed by atoms with Crippen LogP contribution >= 0.6 is 0 Å². The fourth-order valence-electron chi connectivity index (χ4n) is 3.15. The number of carbonyl (C=O) groups is 4. The first-order valence-corrected chi connectivity index (χ1v) is 10.9. The van der Waals surface area contributed by atoms with Gasteiger partial charge in [0, 0.05) is 12.8 Å². The third kappa shape index (κ3) is 9.07. The van der Waals surface area contributed by atoms with Gasteiger partial charge in [-0.05, 0) is 30.2 Å². The number of carbonyl (C=O) groups excluding carboxylic acids is 3. The number of amides is 3. The molecule has 0 saturated heterocycles. The van der Waals surface area contributed by atoms with Crippen LogP contribution in [0.3, 0.4) is 0 Å². The maximum absolute atomic E-state index is 13.0. The Labute approximate surface area is 202 Å². The van der Waals surface area contributed by atoms with E-state index in [9.17, 15) is 34.5 Å². The highest BCUT2D eigenvalue weighted by Gasteiger charge is 2.27. The predicted molar refractivity (Wildman–Crippen MR) is 126 cm³/mol. The van der Waals surface area contributed by atoms with Crippen LogP contribution in [0.1, 0.15) is 18.1 Å². The zero-order chi connectivity index (χ0) is 26.0. The van der Waals surface area contributed by atoms with Gasteiger partial charge in [-0.25, -0.2) is 4.79 Å². The van der Waals surface area contributed by atoms with E-state index in [0.29, 0.717) is 11.1 Å². The van der Waals surface area contributed by atoms with Crippen molar-refractivity contribution in [3.05, 3.63) is 65.7 Å². The minimum absolute atomic E-state index is 0.00331. The smallest absolute Gasteiger partial charge is 0.326 e. The Bertz CT molecular complexity index is 1010. The molecule has 0 aliphatic heterocycles. The molecular weight excluding hydrogens is 456 g/mol. The molecule has 0 fully saturated rings. The van der Waals surface area contributed by atoms with Crippen molar-refractivity contribution < 1.29 is 34.5 Å². The number of nitrogens with two attached hydrogens (primary N) is 1. The van der Waals surface area contributed by atoms with Crippen molar-refractivity contribution >= 4 is 23.7 Å². The number of phenols is 1. The van der Waals surface area contributed by atoms with E-state index in [2.05, 4.69) is 16.0 Å². The van der Waals surface area contributed by atoms with Crippen molar-refractivity contribution in [3.8, 4) is 5.75 Å². The fourth-order valence-corrected chi connectivity index (χ4v) is 3.15. The number of phenolic OH excluding ortho intramolecular Hbond substituents is 1. The van der Waals surface area contributed by atoms with Gasteiger partial charge in [-0.1, -0.05) is 42.5 Å². The molecule has 2 rings (SSSR count). The van der Waals surface area contributed by atoms with Crippen LogP contribution in [0.5, 0.6) is 5.75 Å². The SMILES string of the molecule is CC(O)C(N)C(=O)NCC(=O)NC(Cc1ccc(O)cc1)C(=O)NC(Cc1ccccc1)C(=O)O. The minimum Gasteiger partial charge on any atom is -0.508 e.